The second kappa shape index (κ2) is 6.46. The Morgan fingerprint density at radius 3 is 2.83 bits per heavy atom. The highest BCUT2D eigenvalue weighted by Crippen LogP contribution is 2.32. The second-order valence-corrected chi connectivity index (χ2v) is 5.19. The van der Waals surface area contributed by atoms with Crippen molar-refractivity contribution in [1.29, 1.82) is 5.26 Å². The molecule has 1 aromatic heterocycles. The van der Waals surface area contributed by atoms with Gasteiger partial charge in [-0.15, -0.1) is 0 Å². The van der Waals surface area contributed by atoms with Crippen molar-refractivity contribution in [2.45, 2.75) is 18.9 Å². The molecule has 0 saturated heterocycles. The predicted octanol–water partition coefficient (Wildman–Crippen LogP) is 0.906. The first kappa shape index (κ1) is 16.5. The molecule has 1 unspecified atom stereocenters. The van der Waals surface area contributed by atoms with Crippen LogP contribution < -0.4 is 16.4 Å². The molecule has 0 saturated carbocycles. The number of primary amides is 1. The third kappa shape index (κ3) is 3.30. The molecule has 0 fully saturated rings. The van der Waals surface area contributed by atoms with Crippen LogP contribution in [0.5, 0.6) is 0 Å². The summed E-state index contributed by atoms with van der Waals surface area (Å²) in [6, 6.07) is 2.01. The lowest BCUT2D eigenvalue weighted by Gasteiger charge is -2.33. The minimum atomic E-state index is -0.754. The van der Waals surface area contributed by atoms with Gasteiger partial charge in [-0.2, -0.15) is 10.2 Å². The van der Waals surface area contributed by atoms with Crippen LogP contribution in [0.3, 0.4) is 0 Å². The van der Waals surface area contributed by atoms with Gasteiger partial charge in [-0.25, -0.2) is 4.98 Å². The summed E-state index contributed by atoms with van der Waals surface area (Å²) in [7, 11) is 3.23. The molecule has 8 nitrogen and oxygen atoms in total. The molecule has 8 heteroatoms. The van der Waals surface area contributed by atoms with Gasteiger partial charge in [0.2, 0.25) is 11.9 Å². The molecule has 0 aromatic carbocycles. The van der Waals surface area contributed by atoms with E-state index in [9.17, 15) is 4.79 Å². The standard InChI is InChI=1S/C15H18N6O2/c1-15(23-3)6-9(12(17)22)4-5-11(15)20-14-19-8-10(7-16)13(18-2)21-14/h4-5,8H,6H2,1-3H3,(H2,17,22)(H2,18,19,20,21). The first-order valence-corrected chi connectivity index (χ1v) is 6.91. The van der Waals surface area contributed by atoms with E-state index in [2.05, 4.69) is 20.6 Å². The molecule has 0 spiro atoms. The van der Waals surface area contributed by atoms with E-state index in [1.54, 1.807) is 26.3 Å². The molecular formula is C15H18N6O2. The Hall–Kier alpha value is -2.92. The van der Waals surface area contributed by atoms with E-state index < -0.39 is 11.5 Å². The summed E-state index contributed by atoms with van der Waals surface area (Å²) in [5.41, 5.74) is 6.10. The van der Waals surface area contributed by atoms with E-state index in [4.69, 9.17) is 15.7 Å². The van der Waals surface area contributed by atoms with Crippen molar-refractivity contribution in [3.8, 4) is 6.07 Å². The van der Waals surface area contributed by atoms with Crippen LogP contribution in [0.2, 0.25) is 0 Å². The topological polar surface area (TPSA) is 126 Å². The summed E-state index contributed by atoms with van der Waals surface area (Å²) >= 11 is 0. The molecule has 0 radical (unpaired) electrons. The maximum atomic E-state index is 11.4. The van der Waals surface area contributed by atoms with Gasteiger partial charge in [0.05, 0.1) is 11.9 Å². The number of carbonyl (C=O) groups is 1. The lowest BCUT2D eigenvalue weighted by molar-refractivity contribution is -0.115. The van der Waals surface area contributed by atoms with Crippen molar-refractivity contribution in [1.82, 2.24) is 9.97 Å². The first-order valence-electron chi connectivity index (χ1n) is 6.91. The Balaban J connectivity index is 2.34. The van der Waals surface area contributed by atoms with E-state index in [-0.39, 0.29) is 0 Å². The SMILES string of the molecule is CNc1nc(NC2=CC=C(C(N)=O)CC2(C)OC)ncc1C#N. The number of nitrogens with one attached hydrogen (secondary N) is 2. The van der Waals surface area contributed by atoms with Crippen molar-refractivity contribution >= 4 is 17.7 Å². The molecule has 1 aliphatic carbocycles. The number of methoxy groups -OCH3 is 1. The maximum absolute atomic E-state index is 11.4. The van der Waals surface area contributed by atoms with Gasteiger partial charge in [0, 0.05) is 26.2 Å². The van der Waals surface area contributed by atoms with E-state index in [0.717, 1.165) is 0 Å². The van der Waals surface area contributed by atoms with Gasteiger partial charge in [-0.3, -0.25) is 4.79 Å². The number of hydrogen-bond acceptors (Lipinski definition) is 7. The summed E-state index contributed by atoms with van der Waals surface area (Å²) in [5, 5.41) is 14.9. The number of ether oxygens (including phenoxy) is 1. The Labute approximate surface area is 134 Å². The Morgan fingerprint density at radius 2 is 2.26 bits per heavy atom. The second-order valence-electron chi connectivity index (χ2n) is 5.19. The van der Waals surface area contributed by atoms with Gasteiger partial charge < -0.3 is 21.1 Å². The number of nitrogens with zero attached hydrogens (tertiary/aromatic N) is 3. The van der Waals surface area contributed by atoms with Crippen molar-refractivity contribution in [3.63, 3.8) is 0 Å². The molecule has 0 bridgehead atoms. The van der Waals surface area contributed by atoms with Gasteiger partial charge in [0.1, 0.15) is 23.1 Å². The van der Waals surface area contributed by atoms with Gasteiger partial charge >= 0.3 is 0 Å². The first-order chi connectivity index (χ1) is 10.9. The molecule has 1 aromatic rings. The van der Waals surface area contributed by atoms with Crippen molar-refractivity contribution in [3.05, 3.63) is 35.2 Å². The largest absolute Gasteiger partial charge is 0.372 e. The van der Waals surface area contributed by atoms with Crippen molar-refractivity contribution in [2.24, 2.45) is 5.73 Å². The number of allylic oxidation sites excluding steroid dienone is 2. The van der Waals surface area contributed by atoms with E-state index in [0.29, 0.717) is 35.0 Å². The predicted molar refractivity (Wildman–Crippen MR) is 85.3 cm³/mol. The third-order valence-corrected chi connectivity index (χ3v) is 3.71. The Morgan fingerprint density at radius 1 is 1.52 bits per heavy atom. The van der Waals surface area contributed by atoms with Crippen LogP contribution in [0.1, 0.15) is 18.9 Å². The monoisotopic (exact) mass is 314 g/mol. The summed E-state index contributed by atoms with van der Waals surface area (Å²) in [5.74, 6) is 0.267. The van der Waals surface area contributed by atoms with Crippen LogP contribution in [0.15, 0.2) is 29.6 Å². The smallest absolute Gasteiger partial charge is 0.244 e. The highest BCUT2D eigenvalue weighted by molar-refractivity contribution is 5.93. The summed E-state index contributed by atoms with van der Waals surface area (Å²) < 4.78 is 5.54. The molecule has 2 rings (SSSR count). The number of rotatable bonds is 5. The van der Waals surface area contributed by atoms with E-state index in [1.165, 1.54) is 6.20 Å². The number of carbonyl (C=O) groups excluding carboxylic acids is 1. The number of aromatic nitrogens is 2. The van der Waals surface area contributed by atoms with Gasteiger partial charge in [0.25, 0.3) is 0 Å². The van der Waals surface area contributed by atoms with Crippen LogP contribution in [0, 0.1) is 11.3 Å². The zero-order chi connectivity index (χ0) is 17.0. The van der Waals surface area contributed by atoms with Crippen LogP contribution in [-0.4, -0.2) is 35.6 Å². The normalized spacial score (nSPS) is 20.1. The summed E-state index contributed by atoms with van der Waals surface area (Å²) in [6.45, 7) is 1.84. The average molecular weight is 314 g/mol. The maximum Gasteiger partial charge on any atom is 0.244 e. The average Bonchev–Trinajstić information content (AvgIpc) is 2.56. The summed E-state index contributed by atoms with van der Waals surface area (Å²) in [4.78, 5) is 19.7. The van der Waals surface area contributed by atoms with Crippen LogP contribution in [0.25, 0.3) is 0 Å². The molecule has 1 atom stereocenters. The molecule has 1 heterocycles. The zero-order valence-electron chi connectivity index (χ0n) is 13.2. The van der Waals surface area contributed by atoms with Crippen molar-refractivity contribution < 1.29 is 9.53 Å². The summed E-state index contributed by atoms with van der Waals surface area (Å²) in [6.07, 6.45) is 5.13. The number of anilines is 2. The Kier molecular flexibility index (Phi) is 4.62. The minimum absolute atomic E-state index is 0.318. The Bertz CT molecular complexity index is 734. The number of hydrogen-bond donors (Lipinski definition) is 3. The lowest BCUT2D eigenvalue weighted by Crippen LogP contribution is -2.38. The van der Waals surface area contributed by atoms with Gasteiger partial charge in [0.15, 0.2) is 0 Å². The van der Waals surface area contributed by atoms with Gasteiger partial charge in [-0.1, -0.05) is 6.08 Å². The lowest BCUT2D eigenvalue weighted by atomic mass is 9.87. The van der Waals surface area contributed by atoms with Gasteiger partial charge in [-0.05, 0) is 13.0 Å². The zero-order valence-corrected chi connectivity index (χ0v) is 13.2. The highest BCUT2D eigenvalue weighted by atomic mass is 16.5. The fourth-order valence-corrected chi connectivity index (χ4v) is 2.24. The fraction of sp³-hybridized carbons (Fsp3) is 0.333. The highest BCUT2D eigenvalue weighted by Gasteiger charge is 2.34. The molecule has 1 amide bonds. The number of nitriles is 1. The number of nitrogens with two attached hydrogens (primary N) is 1. The third-order valence-electron chi connectivity index (χ3n) is 3.71. The molecule has 1 aliphatic rings. The molecule has 4 N–H and O–H groups in total. The van der Waals surface area contributed by atoms with E-state index >= 15 is 0 Å². The fourth-order valence-electron chi connectivity index (χ4n) is 2.24. The van der Waals surface area contributed by atoms with Crippen LogP contribution in [0.4, 0.5) is 11.8 Å². The number of amides is 1. The van der Waals surface area contributed by atoms with E-state index in [1.807, 2.05) is 13.0 Å². The molecule has 120 valence electrons. The minimum Gasteiger partial charge on any atom is -0.372 e. The quantitative estimate of drug-likeness (QED) is 0.737. The molecule has 23 heavy (non-hydrogen) atoms. The van der Waals surface area contributed by atoms with Crippen LogP contribution in [-0.2, 0) is 9.53 Å². The molecular weight excluding hydrogens is 296 g/mol. The molecule has 0 aliphatic heterocycles. The van der Waals surface area contributed by atoms with Crippen molar-refractivity contribution in [2.75, 3.05) is 24.8 Å². The van der Waals surface area contributed by atoms with Crippen LogP contribution >= 0.6 is 0 Å².